The summed E-state index contributed by atoms with van der Waals surface area (Å²) in [6.45, 7) is 6.91. The zero-order valence-electron chi connectivity index (χ0n) is 12.8. The van der Waals surface area contributed by atoms with Crippen molar-refractivity contribution in [3.63, 3.8) is 0 Å². The number of amides is 1. The van der Waals surface area contributed by atoms with Crippen molar-refractivity contribution in [1.82, 2.24) is 5.32 Å². The van der Waals surface area contributed by atoms with Gasteiger partial charge in [-0.1, -0.05) is 32.9 Å². The molecule has 2 rings (SSSR count). The molecule has 5 heteroatoms. The molecule has 1 N–H and O–H groups in total. The predicted molar refractivity (Wildman–Crippen MR) is 82.9 cm³/mol. The second-order valence-electron chi connectivity index (χ2n) is 6.69. The highest BCUT2D eigenvalue weighted by atomic mass is 32.2. The average Bonchev–Trinajstić information content (AvgIpc) is 2.40. The molecule has 1 saturated heterocycles. The summed E-state index contributed by atoms with van der Waals surface area (Å²) >= 11 is 0. The largest absolute Gasteiger partial charge is 0.356 e. The standard InChI is InChI=1S/C16H23NO3S/c1-16(2,3)13-6-8-14(9-7-13)21(19,20)11-12-5-4-10-17-15(12)18/h6-9,12H,4-5,10-11H2,1-3H3,(H,17,18)/t12-/m0/s1. The number of hydrogen-bond acceptors (Lipinski definition) is 3. The van der Waals surface area contributed by atoms with E-state index in [0.29, 0.717) is 17.9 Å². The number of rotatable bonds is 3. The van der Waals surface area contributed by atoms with Gasteiger partial charge in [0.25, 0.3) is 0 Å². The highest BCUT2D eigenvalue weighted by Gasteiger charge is 2.28. The fourth-order valence-electron chi connectivity index (χ4n) is 2.52. The number of carbonyl (C=O) groups excluding carboxylic acids is 1. The summed E-state index contributed by atoms with van der Waals surface area (Å²) in [7, 11) is -3.42. The fourth-order valence-corrected chi connectivity index (χ4v) is 4.11. The molecular formula is C16H23NO3S. The van der Waals surface area contributed by atoms with Gasteiger partial charge in [0.15, 0.2) is 9.84 Å². The van der Waals surface area contributed by atoms with Crippen LogP contribution in [0, 0.1) is 5.92 Å². The van der Waals surface area contributed by atoms with E-state index in [-0.39, 0.29) is 17.1 Å². The topological polar surface area (TPSA) is 63.2 Å². The molecule has 0 saturated carbocycles. The van der Waals surface area contributed by atoms with Crippen molar-refractivity contribution in [2.45, 2.75) is 43.9 Å². The van der Waals surface area contributed by atoms with Crippen LogP contribution in [-0.4, -0.2) is 26.6 Å². The lowest BCUT2D eigenvalue weighted by Gasteiger charge is -2.22. The zero-order valence-corrected chi connectivity index (χ0v) is 13.7. The molecule has 1 aromatic carbocycles. The summed E-state index contributed by atoms with van der Waals surface area (Å²) < 4.78 is 24.9. The molecule has 0 bridgehead atoms. The van der Waals surface area contributed by atoms with E-state index >= 15 is 0 Å². The van der Waals surface area contributed by atoms with E-state index in [9.17, 15) is 13.2 Å². The van der Waals surface area contributed by atoms with Gasteiger partial charge < -0.3 is 5.32 Å². The van der Waals surface area contributed by atoms with E-state index in [1.54, 1.807) is 12.1 Å². The predicted octanol–water partition coefficient (Wildman–Crippen LogP) is 2.28. The SMILES string of the molecule is CC(C)(C)c1ccc(S(=O)(=O)C[C@@H]2CCCNC2=O)cc1. The van der Waals surface area contributed by atoms with Gasteiger partial charge in [-0.25, -0.2) is 8.42 Å². The molecule has 21 heavy (non-hydrogen) atoms. The van der Waals surface area contributed by atoms with Crippen LogP contribution in [0.2, 0.25) is 0 Å². The van der Waals surface area contributed by atoms with Crippen molar-refractivity contribution in [3.05, 3.63) is 29.8 Å². The molecule has 1 aliphatic heterocycles. The van der Waals surface area contributed by atoms with Crippen molar-refractivity contribution in [2.24, 2.45) is 5.92 Å². The van der Waals surface area contributed by atoms with E-state index in [4.69, 9.17) is 0 Å². The number of piperidine rings is 1. The van der Waals surface area contributed by atoms with Crippen LogP contribution in [0.15, 0.2) is 29.2 Å². The van der Waals surface area contributed by atoms with Gasteiger partial charge in [-0.15, -0.1) is 0 Å². The van der Waals surface area contributed by atoms with Crippen molar-refractivity contribution >= 4 is 15.7 Å². The minimum Gasteiger partial charge on any atom is -0.356 e. The van der Waals surface area contributed by atoms with Crippen LogP contribution in [0.25, 0.3) is 0 Å². The maximum atomic E-state index is 12.4. The van der Waals surface area contributed by atoms with E-state index in [2.05, 4.69) is 26.1 Å². The Balaban J connectivity index is 2.17. The third kappa shape index (κ3) is 3.84. The van der Waals surface area contributed by atoms with E-state index in [0.717, 1.165) is 12.0 Å². The van der Waals surface area contributed by atoms with E-state index in [1.165, 1.54) is 0 Å². The molecular weight excluding hydrogens is 286 g/mol. The van der Waals surface area contributed by atoms with Gasteiger partial charge >= 0.3 is 0 Å². The summed E-state index contributed by atoms with van der Waals surface area (Å²) in [5.41, 5.74) is 1.09. The number of benzene rings is 1. The number of hydrogen-bond donors (Lipinski definition) is 1. The molecule has 1 heterocycles. The Morgan fingerprint density at radius 2 is 1.81 bits per heavy atom. The summed E-state index contributed by atoms with van der Waals surface area (Å²) in [5.74, 6) is -0.671. The molecule has 0 unspecified atom stereocenters. The van der Waals surface area contributed by atoms with Crippen molar-refractivity contribution in [3.8, 4) is 0 Å². The Labute approximate surface area is 126 Å². The van der Waals surface area contributed by atoms with Crippen LogP contribution in [-0.2, 0) is 20.0 Å². The summed E-state index contributed by atoms with van der Waals surface area (Å²) in [5, 5.41) is 2.73. The average molecular weight is 309 g/mol. The van der Waals surface area contributed by atoms with Gasteiger partial charge in [0, 0.05) is 6.54 Å². The first kappa shape index (κ1) is 16.0. The third-order valence-electron chi connectivity index (χ3n) is 3.90. The first-order valence-electron chi connectivity index (χ1n) is 7.31. The Hall–Kier alpha value is -1.36. The maximum Gasteiger partial charge on any atom is 0.224 e. The lowest BCUT2D eigenvalue weighted by molar-refractivity contribution is -0.125. The number of sulfone groups is 1. The maximum absolute atomic E-state index is 12.4. The van der Waals surface area contributed by atoms with Crippen molar-refractivity contribution in [1.29, 1.82) is 0 Å². The lowest BCUT2D eigenvalue weighted by atomic mass is 9.87. The van der Waals surface area contributed by atoms with E-state index < -0.39 is 15.8 Å². The normalized spacial score (nSPS) is 20.1. The first-order chi connectivity index (χ1) is 9.70. The number of carbonyl (C=O) groups is 1. The van der Waals surface area contributed by atoms with Gasteiger partial charge in [-0.3, -0.25) is 4.79 Å². The first-order valence-corrected chi connectivity index (χ1v) is 8.96. The van der Waals surface area contributed by atoms with Gasteiger partial charge in [0.2, 0.25) is 5.91 Å². The van der Waals surface area contributed by atoms with E-state index in [1.807, 2.05) is 12.1 Å². The summed E-state index contributed by atoms with van der Waals surface area (Å²) in [4.78, 5) is 12.0. The van der Waals surface area contributed by atoms with Gasteiger partial charge in [0.05, 0.1) is 16.6 Å². The van der Waals surface area contributed by atoms with Crippen LogP contribution >= 0.6 is 0 Å². The molecule has 4 nitrogen and oxygen atoms in total. The molecule has 1 atom stereocenters. The zero-order chi connectivity index (χ0) is 15.7. The molecule has 1 fully saturated rings. The van der Waals surface area contributed by atoms with Crippen LogP contribution in [0.1, 0.15) is 39.2 Å². The fraction of sp³-hybridized carbons (Fsp3) is 0.562. The van der Waals surface area contributed by atoms with Crippen molar-refractivity contribution < 1.29 is 13.2 Å². The highest BCUT2D eigenvalue weighted by Crippen LogP contribution is 2.25. The molecule has 0 radical (unpaired) electrons. The van der Waals surface area contributed by atoms with Gasteiger partial charge in [0.1, 0.15) is 0 Å². The number of nitrogens with one attached hydrogen (secondary N) is 1. The molecule has 1 aliphatic rings. The Morgan fingerprint density at radius 3 is 2.33 bits per heavy atom. The second kappa shape index (κ2) is 5.79. The Kier molecular flexibility index (Phi) is 4.42. The molecule has 0 aliphatic carbocycles. The molecule has 0 spiro atoms. The van der Waals surface area contributed by atoms with Crippen LogP contribution in [0.4, 0.5) is 0 Å². The minimum absolute atomic E-state index is 0.00839. The summed E-state index contributed by atoms with van der Waals surface area (Å²) in [6.07, 6.45) is 1.49. The molecule has 1 amide bonds. The molecule has 116 valence electrons. The Bertz CT molecular complexity index is 612. The minimum atomic E-state index is -3.42. The van der Waals surface area contributed by atoms with Crippen LogP contribution in [0.5, 0.6) is 0 Å². The summed E-state index contributed by atoms with van der Waals surface area (Å²) in [6, 6.07) is 7.01. The monoisotopic (exact) mass is 309 g/mol. The van der Waals surface area contributed by atoms with Gasteiger partial charge in [-0.2, -0.15) is 0 Å². The third-order valence-corrected chi connectivity index (χ3v) is 5.73. The van der Waals surface area contributed by atoms with Gasteiger partial charge in [-0.05, 0) is 36.0 Å². The quantitative estimate of drug-likeness (QED) is 0.931. The molecule has 0 aromatic heterocycles. The second-order valence-corrected chi connectivity index (χ2v) is 8.72. The van der Waals surface area contributed by atoms with Crippen LogP contribution in [0.3, 0.4) is 0 Å². The lowest BCUT2D eigenvalue weighted by Crippen LogP contribution is -2.39. The van der Waals surface area contributed by atoms with Crippen LogP contribution < -0.4 is 5.32 Å². The van der Waals surface area contributed by atoms with Crippen molar-refractivity contribution in [2.75, 3.05) is 12.3 Å². The smallest absolute Gasteiger partial charge is 0.224 e. The highest BCUT2D eigenvalue weighted by molar-refractivity contribution is 7.91. The Morgan fingerprint density at radius 1 is 1.19 bits per heavy atom. The molecule has 1 aromatic rings.